The summed E-state index contributed by atoms with van der Waals surface area (Å²) in [6, 6.07) is 0.444. The van der Waals surface area contributed by atoms with Gasteiger partial charge < -0.3 is 10.4 Å². The Kier molecular flexibility index (Phi) is 5.10. The third-order valence-corrected chi connectivity index (χ3v) is 3.94. The summed E-state index contributed by atoms with van der Waals surface area (Å²) >= 11 is 1.41. The van der Waals surface area contributed by atoms with Gasteiger partial charge >= 0.3 is 0 Å². The summed E-state index contributed by atoms with van der Waals surface area (Å²) in [5, 5.41) is 14.3. The lowest BCUT2D eigenvalue weighted by atomic mass is 10.2. The fourth-order valence-corrected chi connectivity index (χ4v) is 2.96. The summed E-state index contributed by atoms with van der Waals surface area (Å²) in [7, 11) is 0. The van der Waals surface area contributed by atoms with Crippen LogP contribution in [-0.4, -0.2) is 46.6 Å². The molecule has 1 amide bonds. The van der Waals surface area contributed by atoms with E-state index in [1.54, 1.807) is 6.20 Å². The molecular formula is C12H19N3O2S. The molecule has 1 aliphatic rings. The van der Waals surface area contributed by atoms with Crippen molar-refractivity contribution in [3.05, 3.63) is 11.6 Å². The van der Waals surface area contributed by atoms with E-state index >= 15 is 0 Å². The van der Waals surface area contributed by atoms with E-state index in [1.807, 2.05) is 5.38 Å². The number of carbonyl (C=O) groups is 1. The second-order valence-electron chi connectivity index (χ2n) is 4.52. The summed E-state index contributed by atoms with van der Waals surface area (Å²) in [5.74, 6) is -0.0506. The van der Waals surface area contributed by atoms with E-state index in [2.05, 4.69) is 15.2 Å². The van der Waals surface area contributed by atoms with Crippen LogP contribution in [0, 0.1) is 0 Å². The van der Waals surface area contributed by atoms with E-state index in [0.717, 1.165) is 12.8 Å². The molecule has 1 heterocycles. The van der Waals surface area contributed by atoms with Gasteiger partial charge in [-0.05, 0) is 12.8 Å². The predicted molar refractivity (Wildman–Crippen MR) is 71.7 cm³/mol. The molecular weight excluding hydrogens is 250 g/mol. The van der Waals surface area contributed by atoms with Crippen molar-refractivity contribution in [2.24, 2.45) is 0 Å². The summed E-state index contributed by atoms with van der Waals surface area (Å²) in [5.41, 5.74) is 0. The highest BCUT2D eigenvalue weighted by atomic mass is 32.1. The van der Waals surface area contributed by atoms with Gasteiger partial charge in [0.25, 0.3) is 0 Å². The Morgan fingerprint density at radius 3 is 2.94 bits per heavy atom. The number of nitrogens with one attached hydrogen (secondary N) is 1. The number of carbonyl (C=O) groups excluding carboxylic acids is 1. The largest absolute Gasteiger partial charge is 0.395 e. The topological polar surface area (TPSA) is 65.5 Å². The molecule has 18 heavy (non-hydrogen) atoms. The zero-order valence-corrected chi connectivity index (χ0v) is 11.2. The molecule has 0 saturated heterocycles. The van der Waals surface area contributed by atoms with Crippen LogP contribution in [0.3, 0.4) is 0 Å². The van der Waals surface area contributed by atoms with Gasteiger partial charge in [0.05, 0.1) is 13.2 Å². The van der Waals surface area contributed by atoms with E-state index in [0.29, 0.717) is 24.3 Å². The highest BCUT2D eigenvalue weighted by Crippen LogP contribution is 2.23. The number of hydrogen-bond acceptors (Lipinski definition) is 5. The Balaban J connectivity index is 1.85. The zero-order valence-electron chi connectivity index (χ0n) is 10.3. The normalized spacial score (nSPS) is 16.3. The SMILES string of the molecule is O=C(CN(CCO)C1CCCC1)Nc1nccs1. The van der Waals surface area contributed by atoms with Crippen LogP contribution in [0.15, 0.2) is 11.6 Å². The monoisotopic (exact) mass is 269 g/mol. The highest BCUT2D eigenvalue weighted by molar-refractivity contribution is 7.13. The first kappa shape index (κ1) is 13.5. The molecule has 0 aromatic carbocycles. The fourth-order valence-electron chi connectivity index (χ4n) is 2.42. The van der Waals surface area contributed by atoms with Gasteiger partial charge in [0.1, 0.15) is 0 Å². The minimum Gasteiger partial charge on any atom is -0.395 e. The van der Waals surface area contributed by atoms with E-state index in [4.69, 9.17) is 5.11 Å². The Bertz CT molecular complexity index is 363. The maximum absolute atomic E-state index is 11.9. The van der Waals surface area contributed by atoms with Crippen LogP contribution < -0.4 is 5.32 Å². The van der Waals surface area contributed by atoms with Crippen molar-refractivity contribution in [1.82, 2.24) is 9.88 Å². The van der Waals surface area contributed by atoms with Gasteiger partial charge in [0.2, 0.25) is 5.91 Å². The number of hydrogen-bond donors (Lipinski definition) is 2. The summed E-state index contributed by atoms with van der Waals surface area (Å²) < 4.78 is 0. The van der Waals surface area contributed by atoms with Crippen LogP contribution in [0.1, 0.15) is 25.7 Å². The molecule has 5 nitrogen and oxygen atoms in total. The number of aliphatic hydroxyl groups excluding tert-OH is 1. The van der Waals surface area contributed by atoms with E-state index in [-0.39, 0.29) is 12.5 Å². The van der Waals surface area contributed by atoms with Crippen molar-refractivity contribution in [2.45, 2.75) is 31.7 Å². The van der Waals surface area contributed by atoms with Gasteiger partial charge in [0, 0.05) is 24.2 Å². The maximum atomic E-state index is 11.9. The molecule has 2 rings (SSSR count). The van der Waals surface area contributed by atoms with Crippen LogP contribution in [-0.2, 0) is 4.79 Å². The van der Waals surface area contributed by atoms with Crippen molar-refractivity contribution in [3.8, 4) is 0 Å². The van der Waals surface area contributed by atoms with Gasteiger partial charge in [-0.25, -0.2) is 4.98 Å². The molecule has 1 aliphatic carbocycles. The quantitative estimate of drug-likeness (QED) is 0.817. The fraction of sp³-hybridized carbons (Fsp3) is 0.667. The molecule has 0 bridgehead atoms. The maximum Gasteiger partial charge on any atom is 0.240 e. The molecule has 0 spiro atoms. The van der Waals surface area contributed by atoms with Crippen molar-refractivity contribution >= 4 is 22.4 Å². The van der Waals surface area contributed by atoms with Gasteiger partial charge in [-0.1, -0.05) is 12.8 Å². The average molecular weight is 269 g/mol. The summed E-state index contributed by atoms with van der Waals surface area (Å²) in [6.45, 7) is 1.00. The van der Waals surface area contributed by atoms with Crippen molar-refractivity contribution in [2.75, 3.05) is 25.0 Å². The smallest absolute Gasteiger partial charge is 0.240 e. The molecule has 6 heteroatoms. The first-order valence-electron chi connectivity index (χ1n) is 6.34. The second kappa shape index (κ2) is 6.82. The van der Waals surface area contributed by atoms with Gasteiger partial charge in [0.15, 0.2) is 5.13 Å². The first-order chi connectivity index (χ1) is 8.79. The van der Waals surface area contributed by atoms with Crippen molar-refractivity contribution < 1.29 is 9.90 Å². The van der Waals surface area contributed by atoms with Gasteiger partial charge in [-0.3, -0.25) is 9.69 Å². The number of rotatable bonds is 6. The Hall–Kier alpha value is -0.980. The Labute approximate surface area is 111 Å². The van der Waals surface area contributed by atoms with Gasteiger partial charge in [-0.15, -0.1) is 11.3 Å². The third kappa shape index (κ3) is 3.76. The van der Waals surface area contributed by atoms with E-state index in [9.17, 15) is 4.79 Å². The number of nitrogens with zero attached hydrogens (tertiary/aromatic N) is 2. The van der Waals surface area contributed by atoms with Crippen molar-refractivity contribution in [3.63, 3.8) is 0 Å². The first-order valence-corrected chi connectivity index (χ1v) is 7.22. The number of thiazole rings is 1. The predicted octanol–water partition coefficient (Wildman–Crippen LogP) is 1.32. The molecule has 1 aromatic heterocycles. The van der Waals surface area contributed by atoms with Crippen LogP contribution in [0.25, 0.3) is 0 Å². The number of aromatic nitrogens is 1. The van der Waals surface area contributed by atoms with Gasteiger partial charge in [-0.2, -0.15) is 0 Å². The average Bonchev–Trinajstić information content (AvgIpc) is 3.00. The molecule has 0 radical (unpaired) electrons. The number of anilines is 1. The Morgan fingerprint density at radius 2 is 2.33 bits per heavy atom. The standard InChI is InChI=1S/C12H19N3O2S/c16-7-6-15(10-3-1-2-4-10)9-11(17)14-12-13-5-8-18-12/h5,8,10,16H,1-4,6-7,9H2,(H,13,14,17). The zero-order chi connectivity index (χ0) is 12.8. The minimum absolute atomic E-state index is 0.0506. The molecule has 100 valence electrons. The van der Waals surface area contributed by atoms with Crippen molar-refractivity contribution in [1.29, 1.82) is 0 Å². The number of amides is 1. The molecule has 2 N–H and O–H groups in total. The van der Waals surface area contributed by atoms with Crippen LogP contribution in [0.2, 0.25) is 0 Å². The van der Waals surface area contributed by atoms with E-state index < -0.39 is 0 Å². The van der Waals surface area contributed by atoms with E-state index in [1.165, 1.54) is 24.2 Å². The lowest BCUT2D eigenvalue weighted by Gasteiger charge is -2.27. The lowest BCUT2D eigenvalue weighted by Crippen LogP contribution is -2.41. The van der Waals surface area contributed by atoms with Crippen LogP contribution in [0.4, 0.5) is 5.13 Å². The summed E-state index contributed by atoms with van der Waals surface area (Å²) in [6.07, 6.45) is 6.37. The van der Waals surface area contributed by atoms with Crippen LogP contribution in [0.5, 0.6) is 0 Å². The second-order valence-corrected chi connectivity index (χ2v) is 5.41. The molecule has 1 saturated carbocycles. The summed E-state index contributed by atoms with van der Waals surface area (Å²) in [4.78, 5) is 18.0. The number of aliphatic hydroxyl groups is 1. The molecule has 0 atom stereocenters. The molecule has 1 aromatic rings. The van der Waals surface area contributed by atoms with Crippen LogP contribution >= 0.6 is 11.3 Å². The highest BCUT2D eigenvalue weighted by Gasteiger charge is 2.23. The lowest BCUT2D eigenvalue weighted by molar-refractivity contribution is -0.118. The third-order valence-electron chi connectivity index (χ3n) is 3.25. The Morgan fingerprint density at radius 1 is 1.56 bits per heavy atom. The molecule has 1 fully saturated rings. The minimum atomic E-state index is -0.0506. The molecule has 0 aliphatic heterocycles. The molecule has 0 unspecified atom stereocenters.